The van der Waals surface area contributed by atoms with Gasteiger partial charge in [-0.3, -0.25) is 0 Å². The van der Waals surface area contributed by atoms with Crippen LogP contribution >= 0.6 is 11.6 Å². The minimum Gasteiger partial charge on any atom is -0.493 e. The van der Waals surface area contributed by atoms with Crippen molar-refractivity contribution in [3.05, 3.63) is 64.7 Å². The molecule has 0 bridgehead atoms. The summed E-state index contributed by atoms with van der Waals surface area (Å²) in [6.07, 6.45) is 4.63. The van der Waals surface area contributed by atoms with Gasteiger partial charge in [-0.15, -0.1) is 0 Å². The smallest absolute Gasteiger partial charge is 0.127 e. The molecule has 0 spiro atoms. The minimum absolute atomic E-state index is 0.0745. The lowest BCUT2D eigenvalue weighted by atomic mass is 9.74. The van der Waals surface area contributed by atoms with Crippen LogP contribution in [0.1, 0.15) is 36.8 Å². The van der Waals surface area contributed by atoms with Crippen LogP contribution in [0.15, 0.2) is 48.5 Å². The first-order chi connectivity index (χ1) is 12.7. The Morgan fingerprint density at radius 3 is 2.62 bits per heavy atom. The van der Waals surface area contributed by atoms with Crippen molar-refractivity contribution >= 4 is 11.6 Å². The quantitative estimate of drug-likeness (QED) is 0.864. The topological polar surface area (TPSA) is 32.7 Å². The fraction of sp³-hybridized carbons (Fsp3) is 0.455. The molecule has 0 saturated carbocycles. The molecule has 2 aromatic carbocycles. The first-order valence-corrected chi connectivity index (χ1v) is 9.99. The van der Waals surface area contributed by atoms with Crippen molar-refractivity contribution < 1.29 is 9.84 Å². The maximum Gasteiger partial charge on any atom is 0.127 e. The summed E-state index contributed by atoms with van der Waals surface area (Å²) in [6, 6.07) is 15.6. The molecule has 0 amide bonds. The van der Waals surface area contributed by atoms with E-state index in [4.69, 9.17) is 16.3 Å². The van der Waals surface area contributed by atoms with Crippen molar-refractivity contribution in [2.45, 2.75) is 31.3 Å². The molecule has 138 valence electrons. The predicted octanol–water partition coefficient (Wildman–Crippen LogP) is 4.46. The van der Waals surface area contributed by atoms with Gasteiger partial charge in [0.2, 0.25) is 0 Å². The maximum atomic E-state index is 12.1. The Bertz CT molecular complexity index is 745. The fourth-order valence-corrected chi connectivity index (χ4v) is 4.59. The zero-order chi connectivity index (χ0) is 18.0. The highest BCUT2D eigenvalue weighted by Crippen LogP contribution is 2.46. The van der Waals surface area contributed by atoms with Crippen molar-refractivity contribution in [1.82, 2.24) is 4.90 Å². The molecule has 0 aliphatic carbocycles. The molecule has 2 aliphatic heterocycles. The van der Waals surface area contributed by atoms with Gasteiger partial charge in [-0.25, -0.2) is 0 Å². The molecule has 0 radical (unpaired) electrons. The second kappa shape index (κ2) is 7.59. The van der Waals surface area contributed by atoms with Crippen LogP contribution in [0.3, 0.4) is 0 Å². The van der Waals surface area contributed by atoms with Crippen LogP contribution in [0, 0.1) is 5.92 Å². The summed E-state index contributed by atoms with van der Waals surface area (Å²) in [6.45, 7) is 3.73. The van der Waals surface area contributed by atoms with E-state index in [0.717, 1.165) is 37.2 Å². The lowest BCUT2D eigenvalue weighted by molar-refractivity contribution is -0.00468. The Hall–Kier alpha value is -1.55. The van der Waals surface area contributed by atoms with Gasteiger partial charge in [0.05, 0.1) is 6.61 Å². The molecular formula is C22H26ClNO2. The Morgan fingerprint density at radius 2 is 1.85 bits per heavy atom. The Balaban J connectivity index is 1.77. The van der Waals surface area contributed by atoms with Gasteiger partial charge in [0.25, 0.3) is 0 Å². The lowest BCUT2D eigenvalue weighted by Gasteiger charge is -2.39. The summed E-state index contributed by atoms with van der Waals surface area (Å²) in [7, 11) is 0. The molecule has 2 heterocycles. The first-order valence-electron chi connectivity index (χ1n) is 9.61. The summed E-state index contributed by atoms with van der Waals surface area (Å²) in [5.74, 6) is 0.774. The number of nitrogens with zero attached hydrogens (tertiary/aromatic N) is 1. The van der Waals surface area contributed by atoms with Gasteiger partial charge in [0.15, 0.2) is 0 Å². The monoisotopic (exact) mass is 371 g/mol. The standard InChI is InChI=1S/C22H26ClNO2/c23-19-9-10-20-21(15-19)26-14-11-18(16-24-12-5-2-6-13-24)22(20,25)17-7-3-1-4-8-17/h1,3-4,7-10,15,18,25H,2,5-6,11-14,16H2/t18-,22+/m1/s1. The molecule has 1 fully saturated rings. The number of hydrogen-bond acceptors (Lipinski definition) is 3. The van der Waals surface area contributed by atoms with E-state index in [1.807, 2.05) is 48.5 Å². The van der Waals surface area contributed by atoms with Crippen LogP contribution in [-0.2, 0) is 5.60 Å². The molecule has 0 unspecified atom stereocenters. The van der Waals surface area contributed by atoms with Gasteiger partial charge < -0.3 is 14.7 Å². The molecule has 0 aromatic heterocycles. The van der Waals surface area contributed by atoms with Gasteiger partial charge in [-0.1, -0.05) is 54.4 Å². The van der Waals surface area contributed by atoms with Gasteiger partial charge in [-0.2, -0.15) is 0 Å². The molecule has 1 N–H and O–H groups in total. The molecular weight excluding hydrogens is 346 g/mol. The van der Waals surface area contributed by atoms with Crippen LogP contribution in [0.4, 0.5) is 0 Å². The number of likely N-dealkylation sites (tertiary alicyclic amines) is 1. The number of fused-ring (bicyclic) bond motifs is 1. The summed E-state index contributed by atoms with van der Waals surface area (Å²) in [5, 5.41) is 12.7. The van der Waals surface area contributed by atoms with E-state index < -0.39 is 5.60 Å². The number of hydrogen-bond donors (Lipinski definition) is 1. The molecule has 4 heteroatoms. The van der Waals surface area contributed by atoms with E-state index in [1.165, 1.54) is 19.3 Å². The van der Waals surface area contributed by atoms with Gasteiger partial charge >= 0.3 is 0 Å². The Morgan fingerprint density at radius 1 is 1.08 bits per heavy atom. The molecule has 2 aliphatic rings. The van der Waals surface area contributed by atoms with Crippen molar-refractivity contribution in [2.75, 3.05) is 26.2 Å². The van der Waals surface area contributed by atoms with Crippen LogP contribution in [0.25, 0.3) is 0 Å². The maximum absolute atomic E-state index is 12.1. The largest absolute Gasteiger partial charge is 0.493 e. The number of ether oxygens (including phenoxy) is 1. The first kappa shape index (κ1) is 17.8. The number of aliphatic hydroxyl groups is 1. The number of rotatable bonds is 3. The van der Waals surface area contributed by atoms with Crippen LogP contribution in [-0.4, -0.2) is 36.2 Å². The van der Waals surface area contributed by atoms with Crippen molar-refractivity contribution in [3.8, 4) is 5.75 Å². The SMILES string of the molecule is O[C@]1(c2ccccc2)c2ccc(Cl)cc2OCC[C@@H]1CN1CCCCC1. The average Bonchev–Trinajstić information content (AvgIpc) is 2.81. The van der Waals surface area contributed by atoms with E-state index in [1.54, 1.807) is 0 Å². The number of benzene rings is 2. The zero-order valence-corrected chi connectivity index (χ0v) is 15.8. The molecule has 2 atom stereocenters. The molecule has 1 saturated heterocycles. The molecule has 26 heavy (non-hydrogen) atoms. The third kappa shape index (κ3) is 3.36. The Kier molecular flexibility index (Phi) is 5.21. The van der Waals surface area contributed by atoms with E-state index >= 15 is 0 Å². The van der Waals surface area contributed by atoms with Crippen molar-refractivity contribution in [1.29, 1.82) is 0 Å². The van der Waals surface area contributed by atoms with E-state index in [2.05, 4.69) is 4.90 Å². The number of piperidine rings is 1. The normalized spacial score (nSPS) is 26.6. The second-order valence-electron chi connectivity index (χ2n) is 7.47. The summed E-state index contributed by atoms with van der Waals surface area (Å²) in [4.78, 5) is 2.50. The highest BCUT2D eigenvalue weighted by Gasteiger charge is 2.44. The third-order valence-electron chi connectivity index (χ3n) is 5.81. The fourth-order valence-electron chi connectivity index (χ4n) is 4.43. The van der Waals surface area contributed by atoms with E-state index in [0.29, 0.717) is 17.4 Å². The highest BCUT2D eigenvalue weighted by atomic mass is 35.5. The summed E-state index contributed by atoms with van der Waals surface area (Å²) >= 11 is 6.19. The molecule has 3 nitrogen and oxygen atoms in total. The lowest BCUT2D eigenvalue weighted by Crippen LogP contribution is -2.44. The number of halogens is 1. The average molecular weight is 372 g/mol. The van der Waals surface area contributed by atoms with Crippen LogP contribution in [0.5, 0.6) is 5.75 Å². The molecule has 4 rings (SSSR count). The highest BCUT2D eigenvalue weighted by molar-refractivity contribution is 6.30. The van der Waals surface area contributed by atoms with E-state index in [9.17, 15) is 5.11 Å². The summed E-state index contributed by atoms with van der Waals surface area (Å²) < 4.78 is 6.00. The third-order valence-corrected chi connectivity index (χ3v) is 6.05. The zero-order valence-electron chi connectivity index (χ0n) is 15.0. The van der Waals surface area contributed by atoms with Crippen molar-refractivity contribution in [2.24, 2.45) is 5.92 Å². The Labute approximate surface area is 160 Å². The van der Waals surface area contributed by atoms with Gasteiger partial charge in [-0.05, 0) is 50.0 Å². The van der Waals surface area contributed by atoms with Crippen LogP contribution < -0.4 is 4.74 Å². The van der Waals surface area contributed by atoms with Crippen LogP contribution in [0.2, 0.25) is 5.02 Å². The van der Waals surface area contributed by atoms with Gasteiger partial charge in [0.1, 0.15) is 11.4 Å². The predicted molar refractivity (Wildman–Crippen MR) is 105 cm³/mol. The van der Waals surface area contributed by atoms with Gasteiger partial charge in [0, 0.05) is 23.0 Å². The summed E-state index contributed by atoms with van der Waals surface area (Å²) in [5.41, 5.74) is 0.679. The van der Waals surface area contributed by atoms with Crippen molar-refractivity contribution in [3.63, 3.8) is 0 Å². The molecule has 2 aromatic rings. The second-order valence-corrected chi connectivity index (χ2v) is 7.90. The minimum atomic E-state index is -1.07. The van der Waals surface area contributed by atoms with E-state index in [-0.39, 0.29) is 5.92 Å².